The standard InChI is InChI=1S/C28H26N6O3/c1-18-7-6-8-19(13-18)34-27(32-11-4-5-12-32)22-16-33(17-25(22)31-34)28(35)24-15-23(29-30-24)21-14-20(36-2)9-10-26(21)37-3/h4-15H,16-17H2,1-3H3,(H,29,30). The summed E-state index contributed by atoms with van der Waals surface area (Å²) in [6.45, 7) is 2.93. The second-order valence-electron chi connectivity index (χ2n) is 8.98. The third-order valence-corrected chi connectivity index (χ3v) is 6.60. The van der Waals surface area contributed by atoms with Crippen molar-refractivity contribution >= 4 is 5.91 Å². The van der Waals surface area contributed by atoms with Gasteiger partial charge in [-0.3, -0.25) is 9.89 Å². The molecule has 0 saturated heterocycles. The van der Waals surface area contributed by atoms with Crippen molar-refractivity contribution in [2.45, 2.75) is 20.0 Å². The average molecular weight is 495 g/mol. The van der Waals surface area contributed by atoms with Crippen LogP contribution in [0.25, 0.3) is 22.8 Å². The van der Waals surface area contributed by atoms with E-state index in [1.54, 1.807) is 25.2 Å². The molecular formula is C28H26N6O3. The number of methoxy groups -OCH3 is 2. The van der Waals surface area contributed by atoms with Crippen LogP contribution in [0.4, 0.5) is 0 Å². The van der Waals surface area contributed by atoms with E-state index in [2.05, 4.69) is 29.3 Å². The third-order valence-electron chi connectivity index (χ3n) is 6.60. The van der Waals surface area contributed by atoms with Gasteiger partial charge in [-0.05, 0) is 61.0 Å². The fourth-order valence-electron chi connectivity index (χ4n) is 4.78. The van der Waals surface area contributed by atoms with Crippen molar-refractivity contribution < 1.29 is 14.3 Å². The Hall–Kier alpha value is -4.79. The number of aromatic nitrogens is 5. The Kier molecular flexibility index (Phi) is 5.52. The summed E-state index contributed by atoms with van der Waals surface area (Å²) in [6, 6.07) is 19.4. The maximum Gasteiger partial charge on any atom is 0.272 e. The van der Waals surface area contributed by atoms with E-state index in [0.717, 1.165) is 33.9 Å². The van der Waals surface area contributed by atoms with Gasteiger partial charge in [0, 0.05) is 23.5 Å². The number of carbonyl (C=O) groups excluding carboxylic acids is 1. The predicted molar refractivity (Wildman–Crippen MR) is 138 cm³/mol. The topological polar surface area (TPSA) is 90.2 Å². The number of aryl methyl sites for hydroxylation is 1. The molecule has 0 aliphatic carbocycles. The molecule has 0 unspecified atom stereocenters. The molecular weight excluding hydrogens is 468 g/mol. The van der Waals surface area contributed by atoms with Crippen LogP contribution in [-0.2, 0) is 13.1 Å². The molecule has 186 valence electrons. The molecule has 0 atom stereocenters. The first-order valence-corrected chi connectivity index (χ1v) is 11.9. The number of rotatable bonds is 6. The van der Waals surface area contributed by atoms with E-state index >= 15 is 0 Å². The van der Waals surface area contributed by atoms with Crippen molar-refractivity contribution in [3.8, 4) is 34.3 Å². The molecule has 1 aliphatic heterocycles. The second-order valence-corrected chi connectivity index (χ2v) is 8.98. The van der Waals surface area contributed by atoms with Gasteiger partial charge in [-0.15, -0.1) is 0 Å². The minimum absolute atomic E-state index is 0.140. The molecule has 2 aromatic carbocycles. The van der Waals surface area contributed by atoms with Crippen molar-refractivity contribution in [2.24, 2.45) is 0 Å². The lowest BCUT2D eigenvalue weighted by Gasteiger charge is -2.17. The highest BCUT2D eigenvalue weighted by atomic mass is 16.5. The first-order valence-electron chi connectivity index (χ1n) is 11.9. The number of amides is 1. The van der Waals surface area contributed by atoms with Crippen LogP contribution in [0.5, 0.6) is 11.5 Å². The summed E-state index contributed by atoms with van der Waals surface area (Å²) < 4.78 is 14.8. The lowest BCUT2D eigenvalue weighted by molar-refractivity contribution is 0.0743. The number of H-pyrrole nitrogens is 1. The number of benzene rings is 2. The molecule has 9 heteroatoms. The monoisotopic (exact) mass is 494 g/mol. The number of hydrogen-bond acceptors (Lipinski definition) is 5. The van der Waals surface area contributed by atoms with E-state index in [-0.39, 0.29) is 5.91 Å². The summed E-state index contributed by atoms with van der Waals surface area (Å²) in [7, 11) is 3.21. The van der Waals surface area contributed by atoms with E-state index in [1.165, 1.54) is 0 Å². The number of fused-ring (bicyclic) bond motifs is 1. The van der Waals surface area contributed by atoms with Gasteiger partial charge in [0.2, 0.25) is 0 Å². The van der Waals surface area contributed by atoms with Gasteiger partial charge in [-0.25, -0.2) is 4.68 Å². The summed E-state index contributed by atoms with van der Waals surface area (Å²) in [6.07, 6.45) is 3.99. The predicted octanol–water partition coefficient (Wildman–Crippen LogP) is 4.53. The first-order chi connectivity index (χ1) is 18.1. The molecule has 5 aromatic rings. The summed E-state index contributed by atoms with van der Waals surface area (Å²) in [5.74, 6) is 2.13. The zero-order chi connectivity index (χ0) is 25.5. The van der Waals surface area contributed by atoms with Gasteiger partial charge in [-0.1, -0.05) is 12.1 Å². The lowest BCUT2D eigenvalue weighted by Crippen LogP contribution is -2.26. The van der Waals surface area contributed by atoms with E-state index < -0.39 is 0 Å². The highest BCUT2D eigenvalue weighted by molar-refractivity contribution is 5.94. The fraction of sp³-hybridized carbons (Fsp3) is 0.179. The van der Waals surface area contributed by atoms with E-state index in [4.69, 9.17) is 14.6 Å². The minimum Gasteiger partial charge on any atom is -0.497 e. The summed E-state index contributed by atoms with van der Waals surface area (Å²) in [5, 5.41) is 12.2. The Bertz CT molecular complexity index is 1600. The Labute approximate surface area is 213 Å². The third kappa shape index (κ3) is 3.94. The van der Waals surface area contributed by atoms with Crippen LogP contribution in [-0.4, -0.2) is 49.6 Å². The molecule has 4 heterocycles. The highest BCUT2D eigenvalue weighted by Crippen LogP contribution is 2.34. The van der Waals surface area contributed by atoms with Crippen LogP contribution in [0.15, 0.2) is 73.1 Å². The van der Waals surface area contributed by atoms with Crippen molar-refractivity contribution in [1.82, 2.24) is 29.4 Å². The molecule has 0 fully saturated rings. The molecule has 0 saturated carbocycles. The molecule has 1 aliphatic rings. The Morgan fingerprint density at radius 3 is 2.57 bits per heavy atom. The first kappa shape index (κ1) is 22.7. The smallest absolute Gasteiger partial charge is 0.272 e. The van der Waals surface area contributed by atoms with Crippen LogP contribution in [0.1, 0.15) is 27.3 Å². The van der Waals surface area contributed by atoms with Crippen molar-refractivity contribution in [2.75, 3.05) is 14.2 Å². The van der Waals surface area contributed by atoms with Gasteiger partial charge in [0.15, 0.2) is 0 Å². The van der Waals surface area contributed by atoms with Crippen molar-refractivity contribution in [3.05, 3.63) is 95.6 Å². The number of hydrogen-bond donors (Lipinski definition) is 1. The van der Waals surface area contributed by atoms with Crippen LogP contribution in [0.2, 0.25) is 0 Å². The average Bonchev–Trinajstić information content (AvgIpc) is 3.71. The molecule has 3 aromatic heterocycles. The maximum atomic E-state index is 13.5. The van der Waals surface area contributed by atoms with Crippen molar-refractivity contribution in [3.63, 3.8) is 0 Å². The van der Waals surface area contributed by atoms with Crippen LogP contribution < -0.4 is 9.47 Å². The van der Waals surface area contributed by atoms with E-state index in [0.29, 0.717) is 36.0 Å². The summed E-state index contributed by atoms with van der Waals surface area (Å²) in [5.41, 5.74) is 5.81. The molecule has 0 radical (unpaired) electrons. The van der Waals surface area contributed by atoms with Gasteiger partial charge in [0.1, 0.15) is 23.0 Å². The molecule has 37 heavy (non-hydrogen) atoms. The fourth-order valence-corrected chi connectivity index (χ4v) is 4.78. The number of aromatic amines is 1. The largest absolute Gasteiger partial charge is 0.497 e. The van der Waals surface area contributed by atoms with Crippen LogP contribution in [0.3, 0.4) is 0 Å². The molecule has 0 spiro atoms. The van der Waals surface area contributed by atoms with E-state index in [9.17, 15) is 4.79 Å². The SMILES string of the molecule is COc1ccc(OC)c(-c2cc(C(=O)N3Cc4nn(-c5cccc(C)c5)c(-n5cccc5)c4C3)[nH]n2)c1. The van der Waals surface area contributed by atoms with Gasteiger partial charge in [0.05, 0.1) is 44.4 Å². The Balaban J connectivity index is 1.31. The molecule has 0 bridgehead atoms. The van der Waals surface area contributed by atoms with Crippen molar-refractivity contribution in [1.29, 1.82) is 0 Å². The molecule has 1 N–H and O–H groups in total. The van der Waals surface area contributed by atoms with Crippen LogP contribution in [0, 0.1) is 6.92 Å². The molecule has 9 nitrogen and oxygen atoms in total. The number of nitrogens with zero attached hydrogens (tertiary/aromatic N) is 5. The normalized spacial score (nSPS) is 12.6. The molecule has 1 amide bonds. The molecule has 6 rings (SSSR count). The number of ether oxygens (including phenoxy) is 2. The van der Waals surface area contributed by atoms with Gasteiger partial charge >= 0.3 is 0 Å². The Morgan fingerprint density at radius 1 is 0.973 bits per heavy atom. The Morgan fingerprint density at radius 2 is 1.81 bits per heavy atom. The number of nitrogens with one attached hydrogen (secondary N) is 1. The van der Waals surface area contributed by atoms with Gasteiger partial charge in [-0.2, -0.15) is 10.2 Å². The second kappa shape index (κ2) is 9.02. The zero-order valence-electron chi connectivity index (χ0n) is 20.8. The highest BCUT2D eigenvalue weighted by Gasteiger charge is 2.32. The summed E-state index contributed by atoms with van der Waals surface area (Å²) >= 11 is 0. The summed E-state index contributed by atoms with van der Waals surface area (Å²) in [4.78, 5) is 15.3. The minimum atomic E-state index is -0.140. The maximum absolute atomic E-state index is 13.5. The van der Waals surface area contributed by atoms with E-state index in [1.807, 2.05) is 64.1 Å². The number of carbonyl (C=O) groups is 1. The van der Waals surface area contributed by atoms with Gasteiger partial charge in [0.25, 0.3) is 5.91 Å². The van der Waals surface area contributed by atoms with Gasteiger partial charge < -0.3 is 18.9 Å². The van der Waals surface area contributed by atoms with Crippen LogP contribution >= 0.6 is 0 Å². The lowest BCUT2D eigenvalue weighted by atomic mass is 10.1. The zero-order valence-corrected chi connectivity index (χ0v) is 20.8. The quantitative estimate of drug-likeness (QED) is 0.375.